The zero-order chi connectivity index (χ0) is 23.9. The summed E-state index contributed by atoms with van der Waals surface area (Å²) in [5.74, 6) is -1.03. The highest BCUT2D eigenvalue weighted by molar-refractivity contribution is 6.12. The van der Waals surface area contributed by atoms with Crippen LogP contribution in [0.25, 0.3) is 11.0 Å². The predicted molar refractivity (Wildman–Crippen MR) is 130 cm³/mol. The number of carbonyl (C=O) groups is 3. The number of rotatable bonds is 4. The van der Waals surface area contributed by atoms with Crippen LogP contribution >= 0.6 is 0 Å². The SMILES string of the molecule is O=C(Nc1c(C(=O)N2CCOCC2)oc2ccccc12)C1CC(=O)N(c2ccc3c(c2)CCC3)C1. The third kappa shape index (κ3) is 3.97. The van der Waals surface area contributed by atoms with Gasteiger partial charge in [-0.1, -0.05) is 18.2 Å². The van der Waals surface area contributed by atoms with E-state index in [1.807, 2.05) is 24.3 Å². The van der Waals surface area contributed by atoms with Gasteiger partial charge in [0, 0.05) is 37.1 Å². The molecule has 8 nitrogen and oxygen atoms in total. The van der Waals surface area contributed by atoms with Crippen LogP contribution in [0.4, 0.5) is 11.4 Å². The summed E-state index contributed by atoms with van der Waals surface area (Å²) in [6.45, 7) is 2.19. The van der Waals surface area contributed by atoms with Crippen molar-refractivity contribution in [3.8, 4) is 0 Å². The van der Waals surface area contributed by atoms with E-state index in [2.05, 4.69) is 17.4 Å². The molecular weight excluding hydrogens is 446 g/mol. The number of para-hydroxylation sites is 1. The molecule has 3 aliphatic rings. The summed E-state index contributed by atoms with van der Waals surface area (Å²) in [5, 5.41) is 3.60. The number of aryl methyl sites for hydroxylation is 2. The molecule has 1 aliphatic carbocycles. The predicted octanol–water partition coefficient (Wildman–Crippen LogP) is 3.39. The molecule has 0 saturated carbocycles. The van der Waals surface area contributed by atoms with Crippen molar-refractivity contribution in [1.82, 2.24) is 4.90 Å². The van der Waals surface area contributed by atoms with Crippen molar-refractivity contribution < 1.29 is 23.5 Å². The molecule has 180 valence electrons. The van der Waals surface area contributed by atoms with E-state index in [-0.39, 0.29) is 29.9 Å². The summed E-state index contributed by atoms with van der Waals surface area (Å²) in [5.41, 5.74) is 4.38. The molecule has 0 bridgehead atoms. The van der Waals surface area contributed by atoms with Crippen LogP contribution in [0.15, 0.2) is 46.9 Å². The highest BCUT2D eigenvalue weighted by Gasteiger charge is 2.37. The third-order valence-corrected chi connectivity index (χ3v) is 7.23. The number of amides is 3. The van der Waals surface area contributed by atoms with Gasteiger partial charge in [0.15, 0.2) is 0 Å². The number of hydrogen-bond acceptors (Lipinski definition) is 5. The monoisotopic (exact) mass is 473 g/mol. The van der Waals surface area contributed by atoms with Crippen LogP contribution in [0.3, 0.4) is 0 Å². The van der Waals surface area contributed by atoms with Gasteiger partial charge in [0.1, 0.15) is 11.3 Å². The summed E-state index contributed by atoms with van der Waals surface area (Å²) in [4.78, 5) is 42.8. The quantitative estimate of drug-likeness (QED) is 0.627. The van der Waals surface area contributed by atoms with Crippen LogP contribution in [0, 0.1) is 5.92 Å². The molecule has 3 aromatic rings. The van der Waals surface area contributed by atoms with Gasteiger partial charge in [-0.2, -0.15) is 0 Å². The minimum atomic E-state index is -0.518. The molecule has 2 aromatic carbocycles. The van der Waals surface area contributed by atoms with Gasteiger partial charge in [-0.25, -0.2) is 0 Å². The largest absolute Gasteiger partial charge is 0.449 e. The van der Waals surface area contributed by atoms with E-state index in [0.717, 1.165) is 24.9 Å². The fraction of sp³-hybridized carbons (Fsp3) is 0.370. The Balaban J connectivity index is 1.24. The maximum Gasteiger partial charge on any atom is 0.291 e. The van der Waals surface area contributed by atoms with Crippen LogP contribution in [-0.2, 0) is 27.2 Å². The number of nitrogens with zero attached hydrogens (tertiary/aromatic N) is 2. The molecule has 1 aromatic heterocycles. The van der Waals surface area contributed by atoms with E-state index < -0.39 is 5.92 Å². The maximum absolute atomic E-state index is 13.3. The van der Waals surface area contributed by atoms with Gasteiger partial charge >= 0.3 is 0 Å². The van der Waals surface area contributed by atoms with Crippen molar-refractivity contribution >= 4 is 40.1 Å². The molecule has 1 atom stereocenters. The Labute approximate surface area is 202 Å². The second-order valence-corrected chi connectivity index (χ2v) is 9.41. The van der Waals surface area contributed by atoms with E-state index in [9.17, 15) is 14.4 Å². The number of hydrogen-bond donors (Lipinski definition) is 1. The van der Waals surface area contributed by atoms with Crippen molar-refractivity contribution in [3.63, 3.8) is 0 Å². The first-order chi connectivity index (χ1) is 17.1. The van der Waals surface area contributed by atoms with Crippen molar-refractivity contribution in [2.45, 2.75) is 25.7 Å². The first-order valence-electron chi connectivity index (χ1n) is 12.2. The van der Waals surface area contributed by atoms with E-state index in [4.69, 9.17) is 9.15 Å². The molecule has 2 saturated heterocycles. The molecule has 0 radical (unpaired) electrons. The average Bonchev–Trinajstić information content (AvgIpc) is 3.61. The van der Waals surface area contributed by atoms with Crippen LogP contribution in [0.1, 0.15) is 34.5 Å². The number of carbonyl (C=O) groups excluding carboxylic acids is 3. The van der Waals surface area contributed by atoms with Gasteiger partial charge in [0.25, 0.3) is 5.91 Å². The van der Waals surface area contributed by atoms with E-state index in [0.29, 0.717) is 49.5 Å². The minimum Gasteiger partial charge on any atom is -0.449 e. The molecule has 1 unspecified atom stereocenters. The van der Waals surface area contributed by atoms with Gasteiger partial charge in [0.2, 0.25) is 17.6 Å². The van der Waals surface area contributed by atoms with Gasteiger partial charge in [0.05, 0.1) is 19.1 Å². The summed E-state index contributed by atoms with van der Waals surface area (Å²) >= 11 is 0. The Morgan fingerprint density at radius 3 is 2.66 bits per heavy atom. The van der Waals surface area contributed by atoms with Crippen molar-refractivity contribution in [1.29, 1.82) is 0 Å². The Morgan fingerprint density at radius 2 is 1.80 bits per heavy atom. The summed E-state index contributed by atoms with van der Waals surface area (Å²) in [6, 6.07) is 13.4. The number of benzene rings is 2. The van der Waals surface area contributed by atoms with Crippen molar-refractivity contribution in [3.05, 3.63) is 59.4 Å². The molecule has 2 fully saturated rings. The zero-order valence-electron chi connectivity index (χ0n) is 19.4. The lowest BCUT2D eigenvalue weighted by Crippen LogP contribution is -2.40. The highest BCUT2D eigenvalue weighted by atomic mass is 16.5. The Kier molecular flexibility index (Phi) is 5.53. The number of nitrogens with one attached hydrogen (secondary N) is 1. The Bertz CT molecular complexity index is 1320. The van der Waals surface area contributed by atoms with Gasteiger partial charge in [-0.3, -0.25) is 14.4 Å². The standard InChI is InChI=1S/C27H27N3O5/c31-23-15-19(16-30(23)20-9-8-17-4-3-5-18(17)14-20)26(32)28-24-21-6-1-2-7-22(21)35-25(24)27(33)29-10-12-34-13-11-29/h1-2,6-9,14,19H,3-5,10-13,15-16H2,(H,28,32). The molecule has 1 N–H and O–H groups in total. The lowest BCUT2D eigenvalue weighted by atomic mass is 10.1. The van der Waals surface area contributed by atoms with E-state index in [1.165, 1.54) is 11.1 Å². The van der Waals surface area contributed by atoms with Gasteiger partial charge in [-0.15, -0.1) is 0 Å². The van der Waals surface area contributed by atoms with Gasteiger partial charge < -0.3 is 24.3 Å². The number of fused-ring (bicyclic) bond motifs is 2. The van der Waals surface area contributed by atoms with Crippen LogP contribution in [-0.4, -0.2) is 55.5 Å². The lowest BCUT2D eigenvalue weighted by molar-refractivity contribution is -0.122. The lowest BCUT2D eigenvalue weighted by Gasteiger charge is -2.26. The van der Waals surface area contributed by atoms with Gasteiger partial charge in [-0.05, 0) is 54.7 Å². The molecule has 6 rings (SSSR count). The molecular formula is C27H27N3O5. The number of furan rings is 1. The number of morpholine rings is 1. The maximum atomic E-state index is 13.3. The van der Waals surface area contributed by atoms with Crippen LogP contribution in [0.2, 0.25) is 0 Å². The molecule has 3 heterocycles. The number of ether oxygens (including phenoxy) is 1. The molecule has 35 heavy (non-hydrogen) atoms. The Hall–Kier alpha value is -3.65. The van der Waals surface area contributed by atoms with Crippen molar-refractivity contribution in [2.24, 2.45) is 5.92 Å². The summed E-state index contributed by atoms with van der Waals surface area (Å²) in [7, 11) is 0. The molecule has 0 spiro atoms. The average molecular weight is 474 g/mol. The van der Waals surface area contributed by atoms with Crippen LogP contribution < -0.4 is 10.2 Å². The normalized spacial score (nSPS) is 19.9. The summed E-state index contributed by atoms with van der Waals surface area (Å²) < 4.78 is 11.3. The minimum absolute atomic E-state index is 0.0650. The van der Waals surface area contributed by atoms with Crippen LogP contribution in [0.5, 0.6) is 0 Å². The fourth-order valence-corrected chi connectivity index (χ4v) is 5.31. The highest BCUT2D eigenvalue weighted by Crippen LogP contribution is 2.34. The van der Waals surface area contributed by atoms with E-state index >= 15 is 0 Å². The zero-order valence-corrected chi connectivity index (χ0v) is 19.4. The molecule has 2 aliphatic heterocycles. The molecule has 3 amide bonds. The number of anilines is 2. The first kappa shape index (κ1) is 21.9. The van der Waals surface area contributed by atoms with Crippen molar-refractivity contribution in [2.75, 3.05) is 43.1 Å². The fourth-order valence-electron chi connectivity index (χ4n) is 5.31. The second kappa shape index (κ2) is 8.85. The second-order valence-electron chi connectivity index (χ2n) is 9.41. The third-order valence-electron chi connectivity index (χ3n) is 7.23. The van der Waals surface area contributed by atoms with E-state index in [1.54, 1.807) is 15.9 Å². The smallest absolute Gasteiger partial charge is 0.291 e. The Morgan fingerprint density at radius 1 is 1.00 bits per heavy atom. The summed E-state index contributed by atoms with van der Waals surface area (Å²) in [6.07, 6.45) is 3.38. The molecule has 8 heteroatoms. The topological polar surface area (TPSA) is 92.1 Å². The first-order valence-corrected chi connectivity index (χ1v) is 12.2.